The summed E-state index contributed by atoms with van der Waals surface area (Å²) >= 11 is 0. The number of furan rings is 1. The van der Waals surface area contributed by atoms with Gasteiger partial charge in [0.05, 0.1) is 22.5 Å². The van der Waals surface area contributed by atoms with Crippen molar-refractivity contribution < 1.29 is 19.2 Å². The van der Waals surface area contributed by atoms with Crippen molar-refractivity contribution in [1.82, 2.24) is 10.2 Å². The summed E-state index contributed by atoms with van der Waals surface area (Å²) < 4.78 is 11.0. The van der Waals surface area contributed by atoms with Crippen molar-refractivity contribution in [2.45, 2.75) is 46.1 Å². The van der Waals surface area contributed by atoms with E-state index in [-0.39, 0.29) is 23.9 Å². The van der Waals surface area contributed by atoms with E-state index >= 15 is 0 Å². The first-order valence-corrected chi connectivity index (χ1v) is 9.67. The molecule has 1 saturated heterocycles. The van der Waals surface area contributed by atoms with Gasteiger partial charge in [0.25, 0.3) is 0 Å². The van der Waals surface area contributed by atoms with Crippen molar-refractivity contribution >= 4 is 0 Å². The number of nitrogens with zero attached hydrogens (tertiary/aromatic N) is 2. The molecule has 0 radical (unpaired) electrons. The largest absolute Gasteiger partial charge is 0.613 e. The minimum Gasteiger partial charge on any atom is -0.613 e. The zero-order chi connectivity index (χ0) is 20.3. The van der Waals surface area contributed by atoms with E-state index < -0.39 is 10.9 Å². The number of nitro groups is 1. The van der Waals surface area contributed by atoms with Crippen LogP contribution in [0.15, 0.2) is 51.9 Å². The molecule has 0 saturated carbocycles. The molecule has 0 aromatic carbocycles. The minimum absolute atomic E-state index is 0.0494. The van der Waals surface area contributed by atoms with E-state index in [1.165, 1.54) is 6.08 Å². The fraction of sp³-hybridized carbons (Fsp3) is 0.500. The maximum Gasteiger partial charge on any atom is 0.318 e. The molecule has 152 valence electrons. The molecule has 1 aromatic heterocycles. The van der Waals surface area contributed by atoms with Crippen LogP contribution in [0, 0.1) is 16.0 Å². The fourth-order valence-electron chi connectivity index (χ4n) is 3.70. The van der Waals surface area contributed by atoms with Gasteiger partial charge in [-0.05, 0) is 43.6 Å². The monoisotopic (exact) mass is 388 g/mol. The summed E-state index contributed by atoms with van der Waals surface area (Å²) in [5, 5.41) is 27.1. The number of allylic oxidation sites excluding steroid dienone is 1. The molecule has 2 aliphatic rings. The van der Waals surface area contributed by atoms with Crippen LogP contribution >= 0.6 is 0 Å². The Kier molecular flexibility index (Phi) is 5.96. The summed E-state index contributed by atoms with van der Waals surface area (Å²) in [4.78, 5) is 13.3. The number of aryl methyl sites for hydroxylation is 1. The summed E-state index contributed by atoms with van der Waals surface area (Å²) in [6, 6.07) is 3.74. The highest BCUT2D eigenvalue weighted by molar-refractivity contribution is 5.42. The smallest absolute Gasteiger partial charge is 0.318 e. The van der Waals surface area contributed by atoms with Gasteiger partial charge in [-0.1, -0.05) is 20.8 Å². The Morgan fingerprint density at radius 2 is 2.21 bits per heavy atom. The molecule has 2 aliphatic heterocycles. The van der Waals surface area contributed by atoms with E-state index in [0.29, 0.717) is 18.3 Å². The van der Waals surface area contributed by atoms with Crippen LogP contribution in [0.5, 0.6) is 0 Å². The first-order valence-electron chi connectivity index (χ1n) is 9.67. The van der Waals surface area contributed by atoms with Gasteiger partial charge in [-0.3, -0.25) is 10.1 Å². The molecule has 0 aliphatic carbocycles. The SMILES string of the molecule is CCOC([O-])=C1C=CNC(N2CCC(C)CC2c2ccc(CC)o2)=C1[N+](=O)[O-]. The molecule has 2 atom stereocenters. The topological polar surface area (TPSA) is 104 Å². The molecule has 0 bridgehead atoms. The maximum absolute atomic E-state index is 12.3. The summed E-state index contributed by atoms with van der Waals surface area (Å²) in [5.41, 5.74) is -0.311. The molecular formula is C20H26N3O5-. The van der Waals surface area contributed by atoms with Crippen molar-refractivity contribution in [2.24, 2.45) is 5.92 Å². The number of ether oxygens (including phenoxy) is 1. The van der Waals surface area contributed by atoms with Crippen molar-refractivity contribution in [2.75, 3.05) is 13.2 Å². The predicted octanol–water partition coefficient (Wildman–Crippen LogP) is 2.79. The van der Waals surface area contributed by atoms with Crippen LogP contribution in [0.4, 0.5) is 0 Å². The van der Waals surface area contributed by atoms with Crippen molar-refractivity contribution in [3.05, 3.63) is 69.1 Å². The van der Waals surface area contributed by atoms with Crippen LogP contribution in [0.25, 0.3) is 0 Å². The first-order chi connectivity index (χ1) is 13.5. The zero-order valence-corrected chi connectivity index (χ0v) is 16.4. The van der Waals surface area contributed by atoms with Gasteiger partial charge >= 0.3 is 5.70 Å². The Labute approximate surface area is 164 Å². The molecular weight excluding hydrogens is 362 g/mol. The summed E-state index contributed by atoms with van der Waals surface area (Å²) in [6.07, 6.45) is 5.43. The van der Waals surface area contributed by atoms with Crippen molar-refractivity contribution in [1.29, 1.82) is 0 Å². The fourth-order valence-corrected chi connectivity index (χ4v) is 3.70. The normalized spacial score (nSPS) is 24.2. The third-order valence-electron chi connectivity index (χ3n) is 5.14. The second-order valence-electron chi connectivity index (χ2n) is 7.06. The molecule has 0 spiro atoms. The maximum atomic E-state index is 12.3. The van der Waals surface area contributed by atoms with Crippen LogP contribution in [0.3, 0.4) is 0 Å². The van der Waals surface area contributed by atoms with E-state index in [4.69, 9.17) is 9.15 Å². The lowest BCUT2D eigenvalue weighted by molar-refractivity contribution is -0.426. The summed E-state index contributed by atoms with van der Waals surface area (Å²) in [6.45, 7) is 6.63. The number of hydrogen-bond acceptors (Lipinski definition) is 7. The Hall–Kier alpha value is -2.90. The van der Waals surface area contributed by atoms with Crippen LogP contribution in [0.1, 0.15) is 51.2 Å². The van der Waals surface area contributed by atoms with Gasteiger partial charge in [-0.2, -0.15) is 0 Å². The Bertz CT molecular complexity index is 824. The highest BCUT2D eigenvalue weighted by Gasteiger charge is 2.37. The van der Waals surface area contributed by atoms with Crippen molar-refractivity contribution in [3.8, 4) is 0 Å². The lowest BCUT2D eigenvalue weighted by Gasteiger charge is -2.40. The van der Waals surface area contributed by atoms with E-state index in [1.54, 1.807) is 13.1 Å². The second kappa shape index (κ2) is 8.41. The molecule has 28 heavy (non-hydrogen) atoms. The number of dihydropyridines is 1. The van der Waals surface area contributed by atoms with Crippen LogP contribution in [0.2, 0.25) is 0 Å². The average Bonchev–Trinajstić information content (AvgIpc) is 3.16. The minimum atomic E-state index is -0.697. The van der Waals surface area contributed by atoms with E-state index in [1.807, 2.05) is 24.0 Å². The zero-order valence-electron chi connectivity index (χ0n) is 16.4. The van der Waals surface area contributed by atoms with Gasteiger partial charge in [-0.25, -0.2) is 0 Å². The molecule has 3 rings (SSSR count). The van der Waals surface area contributed by atoms with Crippen LogP contribution in [-0.4, -0.2) is 23.0 Å². The van der Waals surface area contributed by atoms with Gasteiger partial charge < -0.3 is 24.5 Å². The first kappa shape index (κ1) is 19.9. The van der Waals surface area contributed by atoms with Gasteiger partial charge in [0.1, 0.15) is 11.5 Å². The van der Waals surface area contributed by atoms with Crippen molar-refractivity contribution in [3.63, 3.8) is 0 Å². The lowest BCUT2D eigenvalue weighted by Crippen LogP contribution is -2.41. The molecule has 8 nitrogen and oxygen atoms in total. The Morgan fingerprint density at radius 3 is 2.86 bits per heavy atom. The van der Waals surface area contributed by atoms with Gasteiger partial charge in [0, 0.05) is 19.2 Å². The number of likely N-dealkylation sites (tertiary alicyclic amines) is 1. The standard InChI is InChI=1S/C20H27N3O5/c1-4-14-6-7-17(28-14)16-12-13(3)9-11-22(16)19-18(23(25)26)15(8-10-21-19)20(24)27-5-2/h6-8,10,13,16,21,24H,4-5,9,11-12H2,1-3H3/p-1. The quantitative estimate of drug-likeness (QED) is 0.454. The number of rotatable bonds is 6. The molecule has 1 N–H and O–H groups in total. The summed E-state index contributed by atoms with van der Waals surface area (Å²) in [7, 11) is 0. The molecule has 8 heteroatoms. The van der Waals surface area contributed by atoms with Gasteiger partial charge in [-0.15, -0.1) is 0 Å². The number of hydrogen-bond donors (Lipinski definition) is 1. The predicted molar refractivity (Wildman–Crippen MR) is 101 cm³/mol. The molecule has 3 heterocycles. The third-order valence-corrected chi connectivity index (χ3v) is 5.14. The highest BCUT2D eigenvalue weighted by Crippen LogP contribution is 2.39. The van der Waals surface area contributed by atoms with E-state index in [9.17, 15) is 15.2 Å². The molecule has 1 aromatic rings. The van der Waals surface area contributed by atoms with Gasteiger partial charge in [0.2, 0.25) is 0 Å². The highest BCUT2D eigenvalue weighted by atomic mass is 16.6. The van der Waals surface area contributed by atoms with E-state index in [0.717, 1.165) is 30.8 Å². The van der Waals surface area contributed by atoms with Crippen LogP contribution in [-0.2, 0) is 11.2 Å². The summed E-state index contributed by atoms with van der Waals surface area (Å²) in [5.74, 6) is 1.74. The third kappa shape index (κ3) is 3.85. The second-order valence-corrected chi connectivity index (χ2v) is 7.06. The Morgan fingerprint density at radius 1 is 1.43 bits per heavy atom. The van der Waals surface area contributed by atoms with E-state index in [2.05, 4.69) is 12.2 Å². The lowest BCUT2D eigenvalue weighted by atomic mass is 9.90. The molecule has 1 fully saturated rings. The van der Waals surface area contributed by atoms with Gasteiger partial charge in [0.15, 0.2) is 5.82 Å². The van der Waals surface area contributed by atoms with Crippen LogP contribution < -0.4 is 10.4 Å². The molecule has 0 amide bonds. The average molecular weight is 388 g/mol. The number of piperidine rings is 1. The Balaban J connectivity index is 2.06. The molecule has 2 unspecified atom stereocenters. The number of nitrogens with one attached hydrogen (secondary N) is 1.